The summed E-state index contributed by atoms with van der Waals surface area (Å²) in [7, 11) is 0. The standard InChI is InChI=1S/C17H28O2/c1-3-19-17(8-6-12(2)7-9-17)16(18)15-11-13-4-5-14(15)10-13/h12-15H,3-11H2,1-2H3. The minimum atomic E-state index is -0.406. The lowest BCUT2D eigenvalue weighted by Gasteiger charge is -2.40. The van der Waals surface area contributed by atoms with E-state index in [2.05, 4.69) is 6.92 Å². The van der Waals surface area contributed by atoms with E-state index in [0.29, 0.717) is 24.2 Å². The van der Waals surface area contributed by atoms with E-state index in [1.807, 2.05) is 6.92 Å². The van der Waals surface area contributed by atoms with Crippen LogP contribution in [0.25, 0.3) is 0 Å². The van der Waals surface area contributed by atoms with E-state index in [1.165, 1.54) is 19.3 Å². The van der Waals surface area contributed by atoms with E-state index in [-0.39, 0.29) is 0 Å². The highest BCUT2D eigenvalue weighted by Crippen LogP contribution is 2.51. The van der Waals surface area contributed by atoms with Crippen LogP contribution in [0.4, 0.5) is 0 Å². The second-order valence-corrected chi connectivity index (χ2v) is 7.26. The van der Waals surface area contributed by atoms with Gasteiger partial charge in [-0.3, -0.25) is 4.79 Å². The molecular weight excluding hydrogens is 236 g/mol. The molecule has 0 spiro atoms. The first-order valence-corrected chi connectivity index (χ1v) is 8.33. The van der Waals surface area contributed by atoms with Gasteiger partial charge in [0.1, 0.15) is 5.60 Å². The third kappa shape index (κ3) is 2.37. The van der Waals surface area contributed by atoms with Gasteiger partial charge >= 0.3 is 0 Å². The second kappa shape index (κ2) is 5.20. The van der Waals surface area contributed by atoms with Crippen LogP contribution in [0.2, 0.25) is 0 Å². The van der Waals surface area contributed by atoms with Crippen molar-refractivity contribution in [2.75, 3.05) is 6.61 Å². The molecular formula is C17H28O2. The highest BCUT2D eigenvalue weighted by atomic mass is 16.5. The number of rotatable bonds is 4. The summed E-state index contributed by atoms with van der Waals surface area (Å²) < 4.78 is 6.05. The summed E-state index contributed by atoms with van der Waals surface area (Å²) in [6.45, 7) is 5.02. The van der Waals surface area contributed by atoms with Crippen molar-refractivity contribution >= 4 is 5.78 Å². The third-order valence-electron chi connectivity index (χ3n) is 6.03. The van der Waals surface area contributed by atoms with Crippen molar-refractivity contribution in [3.63, 3.8) is 0 Å². The fourth-order valence-corrected chi connectivity index (χ4v) is 4.87. The first-order valence-electron chi connectivity index (χ1n) is 8.33. The molecule has 3 unspecified atom stereocenters. The van der Waals surface area contributed by atoms with Crippen LogP contribution in [0, 0.1) is 23.7 Å². The molecule has 0 aromatic heterocycles. The van der Waals surface area contributed by atoms with Gasteiger partial charge in [-0.15, -0.1) is 0 Å². The molecule has 3 saturated carbocycles. The molecule has 3 fully saturated rings. The Labute approximate surface area is 117 Å². The van der Waals surface area contributed by atoms with Crippen molar-refractivity contribution in [1.29, 1.82) is 0 Å². The van der Waals surface area contributed by atoms with Gasteiger partial charge < -0.3 is 4.74 Å². The monoisotopic (exact) mass is 264 g/mol. The van der Waals surface area contributed by atoms with Crippen LogP contribution in [0.3, 0.4) is 0 Å². The Kier molecular flexibility index (Phi) is 3.72. The largest absolute Gasteiger partial charge is 0.367 e. The van der Waals surface area contributed by atoms with E-state index in [0.717, 1.165) is 43.9 Å². The molecule has 0 heterocycles. The zero-order valence-electron chi connectivity index (χ0n) is 12.5. The highest BCUT2D eigenvalue weighted by Gasteiger charge is 2.51. The number of fused-ring (bicyclic) bond motifs is 2. The number of carbonyl (C=O) groups is 1. The zero-order chi connectivity index (χ0) is 13.5. The number of Topliss-reactive ketones (excluding diaryl/α,β-unsaturated/α-hetero) is 1. The maximum Gasteiger partial charge on any atom is 0.167 e. The fourth-order valence-electron chi connectivity index (χ4n) is 4.87. The van der Waals surface area contributed by atoms with E-state index in [4.69, 9.17) is 4.74 Å². The summed E-state index contributed by atoms with van der Waals surface area (Å²) in [5, 5.41) is 0. The Bertz CT molecular complexity index is 341. The van der Waals surface area contributed by atoms with Crippen LogP contribution in [-0.4, -0.2) is 18.0 Å². The first-order chi connectivity index (χ1) is 9.14. The summed E-state index contributed by atoms with van der Waals surface area (Å²) in [5.41, 5.74) is -0.406. The molecule has 2 nitrogen and oxygen atoms in total. The number of carbonyl (C=O) groups excluding carboxylic acids is 1. The highest BCUT2D eigenvalue weighted by molar-refractivity contribution is 5.90. The predicted octanol–water partition coefficient (Wildman–Crippen LogP) is 3.98. The van der Waals surface area contributed by atoms with Gasteiger partial charge in [-0.2, -0.15) is 0 Å². The normalized spacial score (nSPS) is 45.6. The Morgan fingerprint density at radius 3 is 2.42 bits per heavy atom. The Morgan fingerprint density at radius 1 is 1.16 bits per heavy atom. The maximum absolute atomic E-state index is 13.1. The van der Waals surface area contributed by atoms with Crippen LogP contribution in [0.5, 0.6) is 0 Å². The molecule has 108 valence electrons. The lowest BCUT2D eigenvalue weighted by atomic mass is 9.71. The molecule has 0 aromatic rings. The zero-order valence-corrected chi connectivity index (χ0v) is 12.5. The van der Waals surface area contributed by atoms with Crippen molar-refractivity contribution in [1.82, 2.24) is 0 Å². The van der Waals surface area contributed by atoms with Crippen molar-refractivity contribution in [2.24, 2.45) is 23.7 Å². The Hall–Kier alpha value is -0.370. The minimum Gasteiger partial charge on any atom is -0.367 e. The summed E-state index contributed by atoms with van der Waals surface area (Å²) >= 11 is 0. The Morgan fingerprint density at radius 2 is 1.89 bits per heavy atom. The molecule has 0 amide bonds. The van der Waals surface area contributed by atoms with E-state index in [1.54, 1.807) is 0 Å². The quantitative estimate of drug-likeness (QED) is 0.768. The van der Waals surface area contributed by atoms with Crippen LogP contribution < -0.4 is 0 Å². The topological polar surface area (TPSA) is 26.3 Å². The van der Waals surface area contributed by atoms with Gasteiger partial charge in [0.2, 0.25) is 0 Å². The number of ether oxygens (including phenoxy) is 1. The van der Waals surface area contributed by atoms with E-state index < -0.39 is 5.60 Å². The molecule has 0 aromatic carbocycles. The van der Waals surface area contributed by atoms with Gasteiger partial charge in [0.15, 0.2) is 5.78 Å². The smallest absolute Gasteiger partial charge is 0.167 e. The second-order valence-electron chi connectivity index (χ2n) is 7.26. The van der Waals surface area contributed by atoms with Crippen molar-refractivity contribution in [3.8, 4) is 0 Å². The molecule has 0 aliphatic heterocycles. The summed E-state index contributed by atoms with van der Waals surface area (Å²) in [6, 6.07) is 0. The number of ketones is 1. The van der Waals surface area contributed by atoms with Gasteiger partial charge in [0, 0.05) is 12.5 Å². The van der Waals surface area contributed by atoms with Crippen LogP contribution in [-0.2, 0) is 9.53 Å². The van der Waals surface area contributed by atoms with Gasteiger partial charge in [-0.25, -0.2) is 0 Å². The van der Waals surface area contributed by atoms with Crippen molar-refractivity contribution < 1.29 is 9.53 Å². The minimum absolute atomic E-state index is 0.332. The van der Waals surface area contributed by atoms with Gasteiger partial charge in [-0.05, 0) is 69.6 Å². The number of hydrogen-bond acceptors (Lipinski definition) is 2. The molecule has 3 rings (SSSR count). The van der Waals surface area contributed by atoms with Crippen LogP contribution in [0.15, 0.2) is 0 Å². The summed E-state index contributed by atoms with van der Waals surface area (Å²) in [5.74, 6) is 3.11. The SMILES string of the molecule is CCOC1(C(=O)C2CC3CCC2C3)CCC(C)CC1. The molecule has 19 heavy (non-hydrogen) atoms. The maximum atomic E-state index is 13.1. The molecule has 2 bridgehead atoms. The van der Waals surface area contributed by atoms with E-state index in [9.17, 15) is 4.79 Å². The summed E-state index contributed by atoms with van der Waals surface area (Å²) in [6.07, 6.45) is 9.39. The third-order valence-corrected chi connectivity index (χ3v) is 6.03. The predicted molar refractivity (Wildman–Crippen MR) is 75.9 cm³/mol. The van der Waals surface area contributed by atoms with Gasteiger partial charge in [0.25, 0.3) is 0 Å². The van der Waals surface area contributed by atoms with Crippen LogP contribution in [0.1, 0.15) is 65.2 Å². The average Bonchev–Trinajstić information content (AvgIpc) is 3.03. The first kappa shape index (κ1) is 13.6. The van der Waals surface area contributed by atoms with Crippen LogP contribution >= 0.6 is 0 Å². The molecule has 0 saturated heterocycles. The molecule has 3 aliphatic carbocycles. The van der Waals surface area contributed by atoms with Crippen molar-refractivity contribution in [3.05, 3.63) is 0 Å². The Balaban J connectivity index is 1.74. The molecule has 0 N–H and O–H groups in total. The molecule has 2 heteroatoms. The molecule has 0 radical (unpaired) electrons. The van der Waals surface area contributed by atoms with Crippen molar-refractivity contribution in [2.45, 2.75) is 70.8 Å². The number of hydrogen-bond donors (Lipinski definition) is 0. The fraction of sp³-hybridized carbons (Fsp3) is 0.941. The summed E-state index contributed by atoms with van der Waals surface area (Å²) in [4.78, 5) is 13.1. The average molecular weight is 264 g/mol. The molecule has 3 atom stereocenters. The van der Waals surface area contributed by atoms with Gasteiger partial charge in [0.05, 0.1) is 0 Å². The van der Waals surface area contributed by atoms with E-state index >= 15 is 0 Å². The van der Waals surface area contributed by atoms with Gasteiger partial charge in [-0.1, -0.05) is 13.3 Å². The molecule has 3 aliphatic rings. The lowest BCUT2D eigenvalue weighted by Crippen LogP contribution is -2.48. The lowest BCUT2D eigenvalue weighted by molar-refractivity contribution is -0.156.